The zero-order valence-electron chi connectivity index (χ0n) is 11.4. The topological polar surface area (TPSA) is 21.8 Å². The fourth-order valence-corrected chi connectivity index (χ4v) is 3.91. The highest BCUT2D eigenvalue weighted by Crippen LogP contribution is 2.35. The summed E-state index contributed by atoms with van der Waals surface area (Å²) >= 11 is 0. The molecule has 0 radical (unpaired) electrons. The molecule has 1 aliphatic heterocycles. The van der Waals surface area contributed by atoms with Gasteiger partial charge in [0.2, 0.25) is 0 Å². The fraction of sp³-hybridized carbons (Fsp3) is 0.846. The average Bonchev–Trinajstić information content (AvgIpc) is 2.80. The van der Waals surface area contributed by atoms with Crippen molar-refractivity contribution >= 4 is 8.32 Å². The molecule has 0 saturated carbocycles. The van der Waals surface area contributed by atoms with E-state index in [4.69, 9.17) is 9.16 Å². The van der Waals surface area contributed by atoms with Crippen LogP contribution in [0, 0.1) is 0 Å². The average molecular weight is 242 g/mol. The molecule has 1 unspecified atom stereocenters. The van der Waals surface area contributed by atoms with E-state index in [0.29, 0.717) is 0 Å². The van der Waals surface area contributed by atoms with Crippen molar-refractivity contribution in [1.82, 2.24) is 0 Å². The van der Waals surface area contributed by atoms with Crippen LogP contribution in [0.2, 0.25) is 19.6 Å². The third kappa shape index (κ3) is 4.81. The highest BCUT2D eigenvalue weighted by molar-refractivity contribution is 6.69. The van der Waals surface area contributed by atoms with Gasteiger partial charge in [0.25, 0.3) is 0 Å². The van der Waals surface area contributed by atoms with Gasteiger partial charge in [0.05, 0.1) is 12.2 Å². The van der Waals surface area contributed by atoms with Crippen LogP contribution in [0.1, 0.15) is 33.1 Å². The first-order valence-electron chi connectivity index (χ1n) is 6.16. The van der Waals surface area contributed by atoms with Crippen LogP contribution in [-0.2, 0) is 9.16 Å². The molecule has 0 amide bonds. The van der Waals surface area contributed by atoms with E-state index in [1.54, 1.807) is 0 Å². The lowest BCUT2D eigenvalue weighted by molar-refractivity contribution is 0.0865. The number of ether oxygens (including phenoxy) is 1. The molecule has 3 heteroatoms. The molecule has 94 valence electrons. The van der Waals surface area contributed by atoms with Gasteiger partial charge in [-0.1, -0.05) is 6.08 Å². The highest BCUT2D eigenvalue weighted by Gasteiger charge is 2.41. The van der Waals surface area contributed by atoms with E-state index < -0.39 is 8.32 Å². The molecule has 1 fully saturated rings. The van der Waals surface area contributed by atoms with Crippen LogP contribution < -0.4 is 0 Å². The summed E-state index contributed by atoms with van der Waals surface area (Å²) in [5.74, 6) is 0. The molecule has 2 nitrogen and oxygen atoms in total. The van der Waals surface area contributed by atoms with Crippen LogP contribution in [0.4, 0.5) is 0 Å². The number of hydrogen-bond acceptors (Lipinski definition) is 2. The minimum Gasteiger partial charge on any atom is -0.413 e. The number of hydrogen-bond donors (Lipinski definition) is 0. The summed E-state index contributed by atoms with van der Waals surface area (Å²) in [6.45, 7) is 15.8. The fourth-order valence-electron chi connectivity index (χ4n) is 2.15. The molecule has 0 bridgehead atoms. The van der Waals surface area contributed by atoms with Crippen molar-refractivity contribution in [3.05, 3.63) is 12.7 Å². The van der Waals surface area contributed by atoms with Crippen molar-refractivity contribution in [1.29, 1.82) is 0 Å². The lowest BCUT2D eigenvalue weighted by Crippen LogP contribution is -2.38. The third-order valence-corrected chi connectivity index (χ3v) is 4.01. The maximum atomic E-state index is 6.17. The highest BCUT2D eigenvalue weighted by atomic mass is 28.4. The predicted octanol–water partition coefficient (Wildman–Crippen LogP) is 3.74. The van der Waals surface area contributed by atoms with Gasteiger partial charge in [-0.2, -0.15) is 0 Å². The van der Waals surface area contributed by atoms with E-state index in [1.807, 2.05) is 6.08 Å². The van der Waals surface area contributed by atoms with Gasteiger partial charge in [-0.25, -0.2) is 0 Å². The third-order valence-electron chi connectivity index (χ3n) is 2.85. The summed E-state index contributed by atoms with van der Waals surface area (Å²) in [5, 5.41) is 0. The maximum absolute atomic E-state index is 6.17. The first-order chi connectivity index (χ1) is 7.18. The van der Waals surface area contributed by atoms with E-state index in [-0.39, 0.29) is 11.2 Å². The first-order valence-corrected chi connectivity index (χ1v) is 9.57. The van der Waals surface area contributed by atoms with Crippen molar-refractivity contribution in [3.8, 4) is 0 Å². The smallest absolute Gasteiger partial charge is 0.184 e. The van der Waals surface area contributed by atoms with Crippen molar-refractivity contribution in [2.24, 2.45) is 0 Å². The number of epoxide rings is 1. The molecule has 1 rings (SSSR count). The van der Waals surface area contributed by atoms with Crippen molar-refractivity contribution < 1.29 is 9.16 Å². The maximum Gasteiger partial charge on any atom is 0.184 e. The zero-order valence-corrected chi connectivity index (χ0v) is 12.4. The van der Waals surface area contributed by atoms with Gasteiger partial charge >= 0.3 is 0 Å². The molecule has 1 atom stereocenters. The quantitative estimate of drug-likeness (QED) is 0.385. The Kier molecular flexibility index (Phi) is 4.03. The molecular formula is C13H26O2Si. The minimum atomic E-state index is -1.43. The second-order valence-corrected chi connectivity index (χ2v) is 10.8. The van der Waals surface area contributed by atoms with Crippen LogP contribution in [0.3, 0.4) is 0 Å². The van der Waals surface area contributed by atoms with Crippen LogP contribution in [0.15, 0.2) is 12.7 Å². The van der Waals surface area contributed by atoms with Gasteiger partial charge in [-0.15, -0.1) is 6.58 Å². The Labute approximate surface area is 101 Å². The monoisotopic (exact) mass is 242 g/mol. The molecule has 1 aliphatic rings. The van der Waals surface area contributed by atoms with Crippen molar-refractivity contribution in [2.45, 2.75) is 64.0 Å². The molecule has 0 spiro atoms. The van der Waals surface area contributed by atoms with Crippen LogP contribution in [0.25, 0.3) is 0 Å². The second kappa shape index (κ2) is 4.63. The minimum absolute atomic E-state index is 0.00171. The van der Waals surface area contributed by atoms with Crippen LogP contribution in [-0.4, -0.2) is 26.1 Å². The van der Waals surface area contributed by atoms with Gasteiger partial charge in [0.1, 0.15) is 5.60 Å². The summed E-state index contributed by atoms with van der Waals surface area (Å²) in [6.07, 6.45) is 5.26. The zero-order chi connectivity index (χ0) is 12.4. The van der Waals surface area contributed by atoms with Gasteiger partial charge < -0.3 is 9.16 Å². The summed E-state index contributed by atoms with van der Waals surface area (Å²) in [5.41, 5.74) is 0.0109. The SMILES string of the molecule is C=CC1(CCCC(C)(C)O[Si](C)(C)C)CO1. The standard InChI is InChI=1S/C13H26O2Si/c1-7-13(11-14-13)10-8-9-12(2,3)15-16(4,5)6/h7H,1,8-11H2,2-6H3. The van der Waals surface area contributed by atoms with Gasteiger partial charge in [0.15, 0.2) is 8.32 Å². The summed E-state index contributed by atoms with van der Waals surface area (Å²) in [4.78, 5) is 0. The lowest BCUT2D eigenvalue weighted by atomic mass is 9.96. The number of rotatable bonds is 7. The van der Waals surface area contributed by atoms with E-state index in [9.17, 15) is 0 Å². The molecule has 1 heterocycles. The Bertz CT molecular complexity index is 249. The Morgan fingerprint density at radius 3 is 2.38 bits per heavy atom. The van der Waals surface area contributed by atoms with Crippen LogP contribution >= 0.6 is 0 Å². The molecule has 0 aromatic heterocycles. The van der Waals surface area contributed by atoms with Gasteiger partial charge in [0, 0.05) is 0 Å². The van der Waals surface area contributed by atoms with E-state index in [2.05, 4.69) is 40.1 Å². The molecular weight excluding hydrogens is 216 g/mol. The predicted molar refractivity (Wildman–Crippen MR) is 71.2 cm³/mol. The molecule has 0 aliphatic carbocycles. The van der Waals surface area contributed by atoms with Crippen molar-refractivity contribution in [3.63, 3.8) is 0 Å². The second-order valence-electron chi connectivity index (χ2n) is 6.39. The van der Waals surface area contributed by atoms with E-state index in [0.717, 1.165) is 25.9 Å². The van der Waals surface area contributed by atoms with Gasteiger partial charge in [-0.3, -0.25) is 0 Å². The Hall–Kier alpha value is -0.123. The normalized spacial score (nSPS) is 25.6. The molecule has 1 saturated heterocycles. The largest absolute Gasteiger partial charge is 0.413 e. The molecule has 0 aromatic carbocycles. The van der Waals surface area contributed by atoms with E-state index in [1.165, 1.54) is 0 Å². The molecule has 0 N–H and O–H groups in total. The van der Waals surface area contributed by atoms with Crippen LogP contribution in [0.5, 0.6) is 0 Å². The lowest BCUT2D eigenvalue weighted by Gasteiger charge is -2.33. The summed E-state index contributed by atoms with van der Waals surface area (Å²) < 4.78 is 11.6. The Balaban J connectivity index is 2.28. The Morgan fingerprint density at radius 1 is 1.44 bits per heavy atom. The Morgan fingerprint density at radius 2 is 2.00 bits per heavy atom. The van der Waals surface area contributed by atoms with Gasteiger partial charge in [-0.05, 0) is 52.8 Å². The summed E-state index contributed by atoms with van der Waals surface area (Å²) in [7, 11) is -1.43. The molecule has 16 heavy (non-hydrogen) atoms. The summed E-state index contributed by atoms with van der Waals surface area (Å²) in [6, 6.07) is 0. The molecule has 0 aromatic rings. The van der Waals surface area contributed by atoms with E-state index >= 15 is 0 Å². The first kappa shape index (κ1) is 13.9. The van der Waals surface area contributed by atoms with Crippen molar-refractivity contribution in [2.75, 3.05) is 6.61 Å².